The third-order valence-electron chi connectivity index (χ3n) is 4.87. The molecule has 0 spiro atoms. The predicted molar refractivity (Wildman–Crippen MR) is 101 cm³/mol. The number of amides is 2. The van der Waals surface area contributed by atoms with E-state index < -0.39 is 0 Å². The van der Waals surface area contributed by atoms with Crippen molar-refractivity contribution in [1.29, 1.82) is 0 Å². The van der Waals surface area contributed by atoms with Crippen LogP contribution in [0.5, 0.6) is 11.5 Å². The number of carbonyl (C=O) groups excluding carboxylic acids is 1. The molecule has 0 aliphatic carbocycles. The molecule has 1 aromatic rings. The molecule has 1 aromatic carbocycles. The van der Waals surface area contributed by atoms with Gasteiger partial charge in [0.15, 0.2) is 0 Å². The summed E-state index contributed by atoms with van der Waals surface area (Å²) in [6, 6.07) is 3.62. The molecule has 0 aromatic heterocycles. The van der Waals surface area contributed by atoms with Gasteiger partial charge in [-0.05, 0) is 12.8 Å². The van der Waals surface area contributed by atoms with Gasteiger partial charge in [0.2, 0.25) is 0 Å². The summed E-state index contributed by atoms with van der Waals surface area (Å²) in [7, 11) is 3.21. The Morgan fingerprint density at radius 3 is 2.58 bits per heavy atom. The molecule has 1 unspecified atom stereocenters. The fourth-order valence-corrected chi connectivity index (χ4v) is 3.59. The smallest absolute Gasteiger partial charge is 0.317 e. The van der Waals surface area contributed by atoms with Crippen molar-refractivity contribution < 1.29 is 19.0 Å². The largest absolute Gasteiger partial charge is 0.495 e. The van der Waals surface area contributed by atoms with Crippen molar-refractivity contribution in [2.24, 2.45) is 0 Å². The molecule has 2 aliphatic heterocycles. The van der Waals surface area contributed by atoms with Crippen molar-refractivity contribution in [3.8, 4) is 11.5 Å². The number of ether oxygens (including phenoxy) is 3. The maximum absolute atomic E-state index is 12.3. The van der Waals surface area contributed by atoms with Crippen molar-refractivity contribution in [1.82, 2.24) is 10.2 Å². The van der Waals surface area contributed by atoms with E-state index >= 15 is 0 Å². The highest BCUT2D eigenvalue weighted by molar-refractivity contribution is 6.32. The number of nitrogens with one attached hydrogen (secondary N) is 1. The number of hydrogen-bond acceptors (Lipinski definition) is 5. The maximum atomic E-state index is 12.3. The van der Waals surface area contributed by atoms with Crippen molar-refractivity contribution in [2.45, 2.75) is 18.9 Å². The van der Waals surface area contributed by atoms with Crippen LogP contribution in [0, 0.1) is 0 Å². The lowest BCUT2D eigenvalue weighted by atomic mass is 10.2. The zero-order valence-corrected chi connectivity index (χ0v) is 16.1. The Bertz CT molecular complexity index is 629. The first-order chi connectivity index (χ1) is 12.6. The minimum Gasteiger partial charge on any atom is -0.495 e. The van der Waals surface area contributed by atoms with Crippen LogP contribution >= 0.6 is 11.6 Å². The van der Waals surface area contributed by atoms with Gasteiger partial charge in [-0.15, -0.1) is 0 Å². The van der Waals surface area contributed by atoms with Gasteiger partial charge in [-0.25, -0.2) is 4.79 Å². The minimum atomic E-state index is -0.0270. The first-order valence-electron chi connectivity index (χ1n) is 8.93. The Balaban J connectivity index is 1.57. The number of halogens is 1. The van der Waals surface area contributed by atoms with E-state index in [0.29, 0.717) is 49.2 Å². The highest BCUT2D eigenvalue weighted by Crippen LogP contribution is 2.38. The summed E-state index contributed by atoms with van der Waals surface area (Å²) in [6.07, 6.45) is 2.25. The monoisotopic (exact) mass is 383 g/mol. The van der Waals surface area contributed by atoms with Crippen LogP contribution in [-0.4, -0.2) is 70.6 Å². The molecule has 2 fully saturated rings. The molecule has 2 amide bonds. The Labute approximate surface area is 159 Å². The van der Waals surface area contributed by atoms with Gasteiger partial charge in [-0.2, -0.15) is 0 Å². The van der Waals surface area contributed by atoms with Crippen molar-refractivity contribution in [2.75, 3.05) is 58.5 Å². The lowest BCUT2D eigenvalue weighted by Gasteiger charge is -2.36. The lowest BCUT2D eigenvalue weighted by Crippen LogP contribution is -2.52. The van der Waals surface area contributed by atoms with E-state index in [1.165, 1.54) is 0 Å². The summed E-state index contributed by atoms with van der Waals surface area (Å²) in [5, 5.41) is 3.49. The van der Waals surface area contributed by atoms with Crippen molar-refractivity contribution in [3.05, 3.63) is 17.2 Å². The molecule has 0 bridgehead atoms. The zero-order valence-electron chi connectivity index (χ0n) is 15.3. The molecule has 8 heteroatoms. The van der Waals surface area contributed by atoms with Gasteiger partial charge in [0.1, 0.15) is 11.5 Å². The quantitative estimate of drug-likeness (QED) is 0.845. The van der Waals surface area contributed by atoms with Crippen molar-refractivity contribution in [3.63, 3.8) is 0 Å². The second-order valence-corrected chi connectivity index (χ2v) is 6.86. The van der Waals surface area contributed by atoms with Crippen LogP contribution < -0.4 is 19.7 Å². The van der Waals surface area contributed by atoms with Gasteiger partial charge in [0.25, 0.3) is 0 Å². The second-order valence-electron chi connectivity index (χ2n) is 6.45. The van der Waals surface area contributed by atoms with Crippen LogP contribution in [0.4, 0.5) is 10.5 Å². The van der Waals surface area contributed by atoms with E-state index in [2.05, 4.69) is 10.2 Å². The Hall–Kier alpha value is -1.86. The average molecular weight is 384 g/mol. The summed E-state index contributed by atoms with van der Waals surface area (Å²) < 4.78 is 16.3. The first kappa shape index (κ1) is 18.9. The highest BCUT2D eigenvalue weighted by Gasteiger charge is 2.25. The van der Waals surface area contributed by atoms with Crippen LogP contribution in [-0.2, 0) is 4.74 Å². The normalized spacial score (nSPS) is 20.2. The van der Waals surface area contributed by atoms with E-state index in [4.69, 9.17) is 25.8 Å². The minimum absolute atomic E-state index is 0.0270. The number of hydrogen-bond donors (Lipinski definition) is 1. The van der Waals surface area contributed by atoms with E-state index in [0.717, 1.165) is 25.1 Å². The van der Waals surface area contributed by atoms with Gasteiger partial charge >= 0.3 is 6.03 Å². The zero-order chi connectivity index (χ0) is 18.5. The maximum Gasteiger partial charge on any atom is 0.317 e. The van der Waals surface area contributed by atoms with E-state index in [1.807, 2.05) is 11.0 Å². The Kier molecular flexibility index (Phi) is 6.32. The number of carbonyl (C=O) groups is 1. The van der Waals surface area contributed by atoms with Gasteiger partial charge in [0, 0.05) is 51.5 Å². The Morgan fingerprint density at radius 1 is 1.23 bits per heavy atom. The molecule has 3 rings (SSSR count). The summed E-state index contributed by atoms with van der Waals surface area (Å²) >= 11 is 6.18. The number of rotatable bonds is 5. The fourth-order valence-electron chi connectivity index (χ4n) is 3.36. The highest BCUT2D eigenvalue weighted by atomic mass is 35.5. The molecular weight excluding hydrogens is 358 g/mol. The standard InChI is InChI=1S/C18H26ClN3O4/c1-24-16-11-15(17(25-2)10-14(16)19)21-5-7-22(8-6-21)18(23)20-12-13-4-3-9-26-13/h10-11,13H,3-9,12H2,1-2H3,(H,20,23). The molecule has 2 saturated heterocycles. The topological polar surface area (TPSA) is 63.3 Å². The van der Waals surface area contributed by atoms with E-state index in [1.54, 1.807) is 20.3 Å². The van der Waals surface area contributed by atoms with Crippen LogP contribution in [0.25, 0.3) is 0 Å². The third-order valence-corrected chi connectivity index (χ3v) is 5.16. The SMILES string of the molecule is COc1cc(N2CCN(C(=O)NCC3CCCO3)CC2)c(OC)cc1Cl. The van der Waals surface area contributed by atoms with E-state index in [9.17, 15) is 4.79 Å². The molecule has 144 valence electrons. The van der Waals surface area contributed by atoms with Crippen LogP contribution in [0.15, 0.2) is 12.1 Å². The Morgan fingerprint density at radius 2 is 1.96 bits per heavy atom. The predicted octanol–water partition coefficient (Wildman–Crippen LogP) is 2.37. The van der Waals surface area contributed by atoms with Crippen LogP contribution in [0.3, 0.4) is 0 Å². The fraction of sp³-hybridized carbons (Fsp3) is 0.611. The summed E-state index contributed by atoms with van der Waals surface area (Å²) in [4.78, 5) is 16.4. The molecule has 0 radical (unpaired) electrons. The molecule has 1 N–H and O–H groups in total. The number of nitrogens with zero attached hydrogens (tertiary/aromatic N) is 2. The van der Waals surface area contributed by atoms with Gasteiger partial charge in [-0.1, -0.05) is 11.6 Å². The molecule has 7 nitrogen and oxygen atoms in total. The van der Waals surface area contributed by atoms with Gasteiger partial charge in [-0.3, -0.25) is 0 Å². The molecule has 26 heavy (non-hydrogen) atoms. The summed E-state index contributed by atoms with van der Waals surface area (Å²) in [5.41, 5.74) is 0.924. The number of urea groups is 1. The average Bonchev–Trinajstić information content (AvgIpc) is 3.19. The molecule has 2 aliphatic rings. The molecule has 0 saturated carbocycles. The molecule has 2 heterocycles. The van der Waals surface area contributed by atoms with Crippen LogP contribution in [0.1, 0.15) is 12.8 Å². The lowest BCUT2D eigenvalue weighted by molar-refractivity contribution is 0.108. The summed E-state index contributed by atoms with van der Waals surface area (Å²) in [6.45, 7) is 4.10. The molecule has 1 atom stereocenters. The molecular formula is C18H26ClN3O4. The summed E-state index contributed by atoms with van der Waals surface area (Å²) in [5.74, 6) is 1.31. The van der Waals surface area contributed by atoms with Gasteiger partial charge < -0.3 is 29.3 Å². The number of piperazine rings is 1. The number of anilines is 1. The first-order valence-corrected chi connectivity index (χ1v) is 9.31. The second kappa shape index (κ2) is 8.68. The van der Waals surface area contributed by atoms with E-state index in [-0.39, 0.29) is 12.1 Å². The number of methoxy groups -OCH3 is 2. The third kappa shape index (κ3) is 4.27. The van der Waals surface area contributed by atoms with Crippen LogP contribution in [0.2, 0.25) is 5.02 Å². The van der Waals surface area contributed by atoms with Crippen molar-refractivity contribution >= 4 is 23.3 Å². The number of benzene rings is 1. The van der Waals surface area contributed by atoms with Gasteiger partial charge in [0.05, 0.1) is 31.0 Å².